The van der Waals surface area contributed by atoms with Gasteiger partial charge in [-0.25, -0.2) is 0 Å². The minimum absolute atomic E-state index is 0.176. The number of hydrogen-bond donors (Lipinski definition) is 2. The summed E-state index contributed by atoms with van der Waals surface area (Å²) in [4.78, 5) is 16.2. The van der Waals surface area contributed by atoms with E-state index >= 15 is 0 Å². The number of allylic oxidation sites excluding steroid dienone is 3. The third-order valence-electron chi connectivity index (χ3n) is 3.28. The van der Waals surface area contributed by atoms with Crippen LogP contribution in [0.25, 0.3) is 0 Å². The number of nitrogens with one attached hydrogen (secondary N) is 1. The van der Waals surface area contributed by atoms with Gasteiger partial charge >= 0.3 is 0 Å². The van der Waals surface area contributed by atoms with Crippen molar-refractivity contribution in [1.29, 1.82) is 0 Å². The van der Waals surface area contributed by atoms with Crippen LogP contribution in [-0.4, -0.2) is 16.0 Å². The smallest absolute Gasteiger partial charge is 0.255 e. The van der Waals surface area contributed by atoms with E-state index in [1.54, 1.807) is 60.9 Å². The molecule has 5 nitrogen and oxygen atoms in total. The molecule has 0 radical (unpaired) electrons. The molecule has 0 unspecified atom stereocenters. The summed E-state index contributed by atoms with van der Waals surface area (Å²) in [5, 5.41) is 12.1. The van der Waals surface area contributed by atoms with Crippen molar-refractivity contribution < 1.29 is 14.6 Å². The number of benzene rings is 1. The summed E-state index contributed by atoms with van der Waals surface area (Å²) >= 11 is 0. The first-order valence-electron chi connectivity index (χ1n) is 7.84. The summed E-state index contributed by atoms with van der Waals surface area (Å²) in [6, 6.07) is 9.95. The van der Waals surface area contributed by atoms with Crippen molar-refractivity contribution in [2.75, 3.05) is 5.32 Å². The minimum atomic E-state index is -0.278. The highest BCUT2D eigenvalue weighted by atomic mass is 16.5. The van der Waals surface area contributed by atoms with E-state index in [9.17, 15) is 9.90 Å². The number of rotatable bonds is 7. The van der Waals surface area contributed by atoms with E-state index in [0.29, 0.717) is 29.2 Å². The maximum Gasteiger partial charge on any atom is 0.255 e. The maximum atomic E-state index is 12.3. The number of pyridine rings is 1. The lowest BCUT2D eigenvalue weighted by Crippen LogP contribution is -2.13. The average molecular weight is 336 g/mol. The Labute approximate surface area is 147 Å². The third-order valence-corrected chi connectivity index (χ3v) is 3.28. The van der Waals surface area contributed by atoms with Gasteiger partial charge in [0.25, 0.3) is 5.91 Å². The molecule has 0 aliphatic rings. The molecule has 0 aliphatic heterocycles. The fraction of sp³-hybridized carbons (Fsp3) is 0.100. The molecule has 0 fully saturated rings. The molecule has 0 saturated carbocycles. The Bertz CT molecular complexity index is 778. The molecule has 1 aromatic carbocycles. The second-order valence-corrected chi connectivity index (χ2v) is 5.10. The molecule has 0 bridgehead atoms. The normalized spacial score (nSPS) is 11.7. The molecular formula is C20H20N2O3. The molecule has 1 heterocycles. The summed E-state index contributed by atoms with van der Waals surface area (Å²) in [6.07, 6.45) is 8.71. The Kier molecular flexibility index (Phi) is 6.54. The van der Waals surface area contributed by atoms with Gasteiger partial charge in [-0.05, 0) is 48.6 Å². The van der Waals surface area contributed by atoms with Crippen molar-refractivity contribution in [3.63, 3.8) is 0 Å². The van der Waals surface area contributed by atoms with Crippen molar-refractivity contribution in [1.82, 2.24) is 4.98 Å². The number of aromatic hydroxyl groups is 1. The highest BCUT2D eigenvalue weighted by Crippen LogP contribution is 2.19. The van der Waals surface area contributed by atoms with Crippen LogP contribution in [0.15, 0.2) is 84.9 Å². The van der Waals surface area contributed by atoms with Crippen molar-refractivity contribution in [2.45, 2.75) is 13.3 Å². The standard InChI is InChI=1S/C20H20N2O3/c1-3-15(20(24)22-16-6-5-13-21-14-16)7-10-18(4-2)25-19-11-8-17(23)9-12-19/h3,5-14,23H,1,4H2,2H3,(H,22,24)/b15-7+,18-10+. The molecule has 5 heteroatoms. The fourth-order valence-electron chi connectivity index (χ4n) is 1.95. The number of carbonyl (C=O) groups excluding carboxylic acids is 1. The fourth-order valence-corrected chi connectivity index (χ4v) is 1.95. The lowest BCUT2D eigenvalue weighted by molar-refractivity contribution is -0.112. The SMILES string of the molecule is C=C/C(=C\C=C(/CC)Oc1ccc(O)cc1)C(=O)Nc1cccnc1. The zero-order valence-corrected chi connectivity index (χ0v) is 14.0. The summed E-state index contributed by atoms with van der Waals surface area (Å²) < 4.78 is 5.74. The second-order valence-electron chi connectivity index (χ2n) is 5.10. The third kappa shape index (κ3) is 5.66. The quantitative estimate of drug-likeness (QED) is 0.451. The van der Waals surface area contributed by atoms with Gasteiger partial charge in [-0.15, -0.1) is 0 Å². The molecule has 0 spiro atoms. The lowest BCUT2D eigenvalue weighted by atomic mass is 10.2. The Balaban J connectivity index is 2.10. The van der Waals surface area contributed by atoms with Crippen LogP contribution in [0.4, 0.5) is 5.69 Å². The molecule has 128 valence electrons. The number of ether oxygens (including phenoxy) is 1. The predicted octanol–water partition coefficient (Wildman–Crippen LogP) is 4.21. The summed E-state index contributed by atoms with van der Waals surface area (Å²) in [5.41, 5.74) is 1.02. The van der Waals surface area contributed by atoms with Gasteiger partial charge in [0.15, 0.2) is 0 Å². The van der Waals surface area contributed by atoms with E-state index in [1.165, 1.54) is 6.08 Å². The predicted molar refractivity (Wildman–Crippen MR) is 98.3 cm³/mol. The highest BCUT2D eigenvalue weighted by Gasteiger charge is 2.06. The Hall–Kier alpha value is -3.34. The highest BCUT2D eigenvalue weighted by molar-refractivity contribution is 6.05. The van der Waals surface area contributed by atoms with Gasteiger partial charge in [-0.1, -0.05) is 19.6 Å². The first kappa shape index (κ1) is 18.0. The number of hydrogen-bond acceptors (Lipinski definition) is 4. The van der Waals surface area contributed by atoms with Gasteiger partial charge in [0.2, 0.25) is 0 Å². The van der Waals surface area contributed by atoms with Crippen molar-refractivity contribution in [3.05, 3.63) is 84.9 Å². The molecule has 2 rings (SSSR count). The number of anilines is 1. The van der Waals surface area contributed by atoms with Crippen LogP contribution in [0.2, 0.25) is 0 Å². The van der Waals surface area contributed by atoms with Crippen LogP contribution >= 0.6 is 0 Å². The maximum absolute atomic E-state index is 12.3. The van der Waals surface area contributed by atoms with Crippen LogP contribution in [-0.2, 0) is 4.79 Å². The molecule has 25 heavy (non-hydrogen) atoms. The second kappa shape index (κ2) is 9.08. The van der Waals surface area contributed by atoms with E-state index in [4.69, 9.17) is 4.74 Å². The van der Waals surface area contributed by atoms with Gasteiger partial charge in [-0.3, -0.25) is 9.78 Å². The number of nitrogens with zero attached hydrogens (tertiary/aromatic N) is 1. The van der Waals surface area contributed by atoms with E-state index in [0.717, 1.165) is 0 Å². The number of carbonyl (C=O) groups is 1. The van der Waals surface area contributed by atoms with Crippen LogP contribution in [0, 0.1) is 0 Å². The first-order chi connectivity index (χ1) is 12.1. The summed E-state index contributed by atoms with van der Waals surface area (Å²) in [5.74, 6) is 1.19. The molecule has 2 N–H and O–H groups in total. The van der Waals surface area contributed by atoms with Crippen LogP contribution in [0.5, 0.6) is 11.5 Å². The van der Waals surface area contributed by atoms with Gasteiger partial charge < -0.3 is 15.2 Å². The molecule has 1 aromatic heterocycles. The van der Waals surface area contributed by atoms with Crippen molar-refractivity contribution >= 4 is 11.6 Å². The molecule has 0 saturated heterocycles. The average Bonchev–Trinajstić information content (AvgIpc) is 2.63. The zero-order chi connectivity index (χ0) is 18.1. The summed E-state index contributed by atoms with van der Waals surface area (Å²) in [7, 11) is 0. The van der Waals surface area contributed by atoms with Crippen LogP contribution in [0.3, 0.4) is 0 Å². The minimum Gasteiger partial charge on any atom is -0.508 e. The van der Waals surface area contributed by atoms with Crippen LogP contribution < -0.4 is 10.1 Å². The Morgan fingerprint density at radius 3 is 2.64 bits per heavy atom. The summed E-state index contributed by atoms with van der Waals surface area (Å²) in [6.45, 7) is 5.63. The van der Waals surface area contributed by atoms with Gasteiger partial charge in [0.05, 0.1) is 11.9 Å². The molecule has 1 amide bonds. The zero-order valence-electron chi connectivity index (χ0n) is 14.0. The topological polar surface area (TPSA) is 71.5 Å². The van der Waals surface area contributed by atoms with E-state index in [2.05, 4.69) is 16.9 Å². The first-order valence-corrected chi connectivity index (χ1v) is 7.84. The van der Waals surface area contributed by atoms with E-state index in [-0.39, 0.29) is 11.7 Å². The Morgan fingerprint density at radius 1 is 1.28 bits per heavy atom. The van der Waals surface area contributed by atoms with Crippen molar-refractivity contribution in [2.24, 2.45) is 0 Å². The molecule has 0 atom stereocenters. The monoisotopic (exact) mass is 336 g/mol. The Morgan fingerprint density at radius 2 is 2.04 bits per heavy atom. The number of aromatic nitrogens is 1. The van der Waals surface area contributed by atoms with E-state index < -0.39 is 0 Å². The number of phenols is 1. The van der Waals surface area contributed by atoms with Gasteiger partial charge in [0.1, 0.15) is 17.3 Å². The van der Waals surface area contributed by atoms with Crippen LogP contribution in [0.1, 0.15) is 13.3 Å². The van der Waals surface area contributed by atoms with Crippen molar-refractivity contribution in [3.8, 4) is 11.5 Å². The molecule has 2 aromatic rings. The van der Waals surface area contributed by atoms with E-state index in [1.807, 2.05) is 6.92 Å². The van der Waals surface area contributed by atoms with Gasteiger partial charge in [0, 0.05) is 18.2 Å². The lowest BCUT2D eigenvalue weighted by Gasteiger charge is -2.08. The largest absolute Gasteiger partial charge is 0.508 e. The van der Waals surface area contributed by atoms with Gasteiger partial charge in [-0.2, -0.15) is 0 Å². The molecular weight excluding hydrogens is 316 g/mol. The number of amides is 1. The number of phenolic OH excluding ortho intramolecular Hbond substituents is 1. The molecule has 0 aliphatic carbocycles.